The zero-order chi connectivity index (χ0) is 23.3. The van der Waals surface area contributed by atoms with E-state index in [9.17, 15) is 22.8 Å². The van der Waals surface area contributed by atoms with Gasteiger partial charge in [-0.1, -0.05) is 35.9 Å². The molecule has 33 heavy (non-hydrogen) atoms. The second-order valence-electron chi connectivity index (χ2n) is 8.46. The third-order valence-electron chi connectivity index (χ3n) is 6.55. The van der Waals surface area contributed by atoms with Crippen LogP contribution in [0.2, 0.25) is 5.02 Å². The number of anilines is 1. The summed E-state index contributed by atoms with van der Waals surface area (Å²) >= 11 is 6.23. The monoisotopic (exact) mass is 473 g/mol. The Morgan fingerprint density at radius 1 is 1.06 bits per heavy atom. The SMILES string of the molecule is O=C1NC2CC(c3cc(C(F)(F)F)ccc3Cl)CCC2C(=O)N1c1cncc2ccccc12. The van der Waals surface area contributed by atoms with Gasteiger partial charge in [-0.3, -0.25) is 9.78 Å². The molecule has 2 aliphatic rings. The van der Waals surface area contributed by atoms with Gasteiger partial charge in [0.1, 0.15) is 0 Å². The van der Waals surface area contributed by atoms with Crippen LogP contribution in [0.5, 0.6) is 0 Å². The fourth-order valence-electron chi connectivity index (χ4n) is 4.94. The highest BCUT2D eigenvalue weighted by Crippen LogP contribution is 2.43. The van der Waals surface area contributed by atoms with Crippen molar-refractivity contribution in [3.8, 4) is 0 Å². The molecule has 0 bridgehead atoms. The van der Waals surface area contributed by atoms with Crippen molar-refractivity contribution in [3.63, 3.8) is 0 Å². The predicted octanol–water partition coefficient (Wildman–Crippen LogP) is 5.92. The van der Waals surface area contributed by atoms with Gasteiger partial charge in [0.15, 0.2) is 0 Å². The van der Waals surface area contributed by atoms with Crippen LogP contribution < -0.4 is 10.2 Å². The second kappa shape index (κ2) is 8.02. The molecule has 2 aromatic carbocycles. The molecule has 1 saturated heterocycles. The van der Waals surface area contributed by atoms with Gasteiger partial charge in [-0.15, -0.1) is 0 Å². The van der Waals surface area contributed by atoms with Crippen molar-refractivity contribution in [2.45, 2.75) is 37.4 Å². The minimum atomic E-state index is -4.47. The number of hydrogen-bond donors (Lipinski definition) is 1. The standard InChI is InChI=1S/C24H19ClF3N3O2/c25-19-8-6-15(24(26,27)28)10-18(19)13-5-7-17-20(9-13)30-23(33)31(22(17)32)21-12-29-11-14-3-1-2-4-16(14)21/h1-4,6,8,10-13,17,20H,5,7,9H2,(H,30,33). The van der Waals surface area contributed by atoms with E-state index in [1.807, 2.05) is 24.3 Å². The fourth-order valence-corrected chi connectivity index (χ4v) is 5.21. The Kier molecular flexibility index (Phi) is 5.28. The summed E-state index contributed by atoms with van der Waals surface area (Å²) in [4.78, 5) is 31.7. The van der Waals surface area contributed by atoms with Crippen molar-refractivity contribution in [1.29, 1.82) is 0 Å². The number of nitrogens with zero attached hydrogens (tertiary/aromatic N) is 2. The topological polar surface area (TPSA) is 62.3 Å². The normalized spacial score (nSPS) is 23.4. The van der Waals surface area contributed by atoms with Crippen LogP contribution >= 0.6 is 11.6 Å². The molecular formula is C24H19ClF3N3O2. The number of pyridine rings is 1. The average Bonchev–Trinajstić information content (AvgIpc) is 2.78. The molecule has 5 nitrogen and oxygen atoms in total. The van der Waals surface area contributed by atoms with E-state index in [4.69, 9.17) is 11.6 Å². The first-order chi connectivity index (χ1) is 15.7. The van der Waals surface area contributed by atoms with Gasteiger partial charge < -0.3 is 5.32 Å². The first kappa shape index (κ1) is 21.7. The lowest BCUT2D eigenvalue weighted by Gasteiger charge is -2.42. The van der Waals surface area contributed by atoms with Crippen molar-refractivity contribution in [2.24, 2.45) is 5.92 Å². The Morgan fingerprint density at radius 3 is 2.64 bits per heavy atom. The Bertz CT molecular complexity index is 1260. The highest BCUT2D eigenvalue weighted by molar-refractivity contribution is 6.31. The average molecular weight is 474 g/mol. The fraction of sp³-hybridized carbons (Fsp3) is 0.292. The van der Waals surface area contributed by atoms with E-state index in [1.165, 1.54) is 12.3 Å². The van der Waals surface area contributed by atoms with Gasteiger partial charge in [0.25, 0.3) is 0 Å². The van der Waals surface area contributed by atoms with Gasteiger partial charge in [0.05, 0.1) is 23.4 Å². The van der Waals surface area contributed by atoms with Crippen molar-refractivity contribution < 1.29 is 22.8 Å². The number of hydrogen-bond acceptors (Lipinski definition) is 3. The van der Waals surface area contributed by atoms with Crippen LogP contribution in [0.3, 0.4) is 0 Å². The number of urea groups is 1. The van der Waals surface area contributed by atoms with E-state index >= 15 is 0 Å². The number of carbonyl (C=O) groups excluding carboxylic acids is 2. The molecule has 3 amide bonds. The number of rotatable bonds is 2. The number of alkyl halides is 3. The number of aromatic nitrogens is 1. The summed E-state index contributed by atoms with van der Waals surface area (Å²) in [5.74, 6) is -1.09. The van der Waals surface area contributed by atoms with E-state index in [0.717, 1.165) is 27.8 Å². The molecule has 1 aromatic heterocycles. The summed E-state index contributed by atoms with van der Waals surface area (Å²) in [6.45, 7) is 0. The van der Waals surface area contributed by atoms with E-state index in [-0.39, 0.29) is 16.8 Å². The lowest BCUT2D eigenvalue weighted by molar-refractivity contribution is -0.137. The van der Waals surface area contributed by atoms with Crippen LogP contribution in [-0.2, 0) is 11.0 Å². The van der Waals surface area contributed by atoms with E-state index in [0.29, 0.717) is 30.5 Å². The largest absolute Gasteiger partial charge is 0.416 e. The lowest BCUT2D eigenvalue weighted by atomic mass is 9.74. The summed E-state index contributed by atoms with van der Waals surface area (Å²) in [5.41, 5.74) is 0.0480. The van der Waals surface area contributed by atoms with Crippen molar-refractivity contribution in [2.75, 3.05) is 4.90 Å². The molecule has 0 radical (unpaired) electrons. The molecule has 2 heterocycles. The molecule has 1 aliphatic carbocycles. The van der Waals surface area contributed by atoms with Crippen LogP contribution in [0.1, 0.15) is 36.3 Å². The maximum atomic E-state index is 13.4. The number of imide groups is 1. The van der Waals surface area contributed by atoms with Gasteiger partial charge in [-0.2, -0.15) is 13.2 Å². The summed E-state index contributed by atoms with van der Waals surface area (Å²) in [7, 11) is 0. The van der Waals surface area contributed by atoms with E-state index in [1.54, 1.807) is 6.20 Å². The number of amides is 3. The Hall–Kier alpha value is -3.13. The minimum Gasteiger partial charge on any atom is -0.334 e. The number of benzene rings is 2. The molecule has 1 N–H and O–H groups in total. The van der Waals surface area contributed by atoms with E-state index < -0.39 is 29.7 Å². The zero-order valence-electron chi connectivity index (χ0n) is 17.3. The Balaban J connectivity index is 1.42. The summed E-state index contributed by atoms with van der Waals surface area (Å²) < 4.78 is 39.6. The van der Waals surface area contributed by atoms with Crippen molar-refractivity contribution >= 4 is 40.0 Å². The summed E-state index contributed by atoms with van der Waals surface area (Å²) in [6, 6.07) is 9.60. The van der Waals surface area contributed by atoms with Crippen LogP contribution in [-0.4, -0.2) is 23.0 Å². The molecule has 5 rings (SSSR count). The molecule has 3 unspecified atom stereocenters. The quantitative estimate of drug-likeness (QED) is 0.503. The lowest BCUT2D eigenvalue weighted by Crippen LogP contribution is -2.61. The molecule has 1 aliphatic heterocycles. The van der Waals surface area contributed by atoms with Crippen LogP contribution in [0, 0.1) is 5.92 Å². The number of halogens is 4. The third kappa shape index (κ3) is 3.82. The Labute approximate surface area is 192 Å². The molecule has 3 aromatic rings. The van der Waals surface area contributed by atoms with Crippen molar-refractivity contribution in [1.82, 2.24) is 10.3 Å². The summed E-state index contributed by atoms with van der Waals surface area (Å²) in [5, 5.41) is 4.69. The second-order valence-corrected chi connectivity index (χ2v) is 8.87. The first-order valence-corrected chi connectivity index (χ1v) is 11.0. The molecular weight excluding hydrogens is 455 g/mol. The maximum absolute atomic E-state index is 13.4. The van der Waals surface area contributed by atoms with Crippen molar-refractivity contribution in [3.05, 3.63) is 71.0 Å². The van der Waals surface area contributed by atoms with Gasteiger partial charge in [0, 0.05) is 28.0 Å². The van der Waals surface area contributed by atoms with Gasteiger partial charge in [-0.05, 0) is 48.9 Å². The molecule has 170 valence electrons. The van der Waals surface area contributed by atoms with Crippen LogP contribution in [0.4, 0.5) is 23.7 Å². The highest BCUT2D eigenvalue weighted by Gasteiger charge is 2.46. The maximum Gasteiger partial charge on any atom is 0.416 e. The molecule has 3 atom stereocenters. The zero-order valence-corrected chi connectivity index (χ0v) is 18.0. The highest BCUT2D eigenvalue weighted by atomic mass is 35.5. The summed E-state index contributed by atoms with van der Waals surface area (Å²) in [6.07, 6.45) is -0.0589. The molecule has 0 spiro atoms. The molecule has 1 saturated carbocycles. The smallest absolute Gasteiger partial charge is 0.334 e. The number of nitrogens with one attached hydrogen (secondary N) is 1. The first-order valence-electron chi connectivity index (χ1n) is 10.6. The van der Waals surface area contributed by atoms with Crippen LogP contribution in [0.25, 0.3) is 10.8 Å². The molecule has 9 heteroatoms. The van der Waals surface area contributed by atoms with Gasteiger partial charge in [0.2, 0.25) is 5.91 Å². The molecule has 2 fully saturated rings. The Morgan fingerprint density at radius 2 is 1.85 bits per heavy atom. The van der Waals surface area contributed by atoms with Gasteiger partial charge in [-0.25, -0.2) is 9.69 Å². The minimum absolute atomic E-state index is 0.253. The van der Waals surface area contributed by atoms with Gasteiger partial charge >= 0.3 is 12.2 Å². The predicted molar refractivity (Wildman–Crippen MR) is 118 cm³/mol. The van der Waals surface area contributed by atoms with E-state index in [2.05, 4.69) is 10.3 Å². The number of fused-ring (bicyclic) bond motifs is 2. The van der Waals surface area contributed by atoms with Crippen LogP contribution in [0.15, 0.2) is 54.9 Å². The third-order valence-corrected chi connectivity index (χ3v) is 6.90. The number of carbonyl (C=O) groups is 2.